The van der Waals surface area contributed by atoms with Gasteiger partial charge in [0.1, 0.15) is 16.6 Å². The molecular weight excluding hydrogens is 382 g/mol. The van der Waals surface area contributed by atoms with Crippen LogP contribution < -0.4 is 0 Å². The maximum Gasteiger partial charge on any atom is 0.410 e. The van der Waals surface area contributed by atoms with Gasteiger partial charge < -0.3 is 14.2 Å². The molecule has 2 aliphatic rings. The maximum atomic E-state index is 13.0. The first-order chi connectivity index (χ1) is 13.8. The first kappa shape index (κ1) is 20.3. The fourth-order valence-electron chi connectivity index (χ4n) is 4.94. The standard InChI is InChI=1S/C24H29NO3S/c1-23(2,3)28-22(26)25-16-20-21(17-25)29(27)15-14-24(20,18-10-6-4-7-11-18)19-12-8-5-9-13-19/h4-13,20-21H,14-17H2,1-3H3. The number of hydrogen-bond acceptors (Lipinski definition) is 3. The van der Waals surface area contributed by atoms with Crippen LogP contribution in [0.1, 0.15) is 38.3 Å². The van der Waals surface area contributed by atoms with Gasteiger partial charge in [-0.05, 0) is 43.1 Å². The molecule has 0 bridgehead atoms. The monoisotopic (exact) mass is 411 g/mol. The first-order valence-electron chi connectivity index (χ1n) is 10.3. The fourth-order valence-corrected chi connectivity index (χ4v) is 6.80. The molecule has 29 heavy (non-hydrogen) atoms. The van der Waals surface area contributed by atoms with Gasteiger partial charge >= 0.3 is 6.09 Å². The maximum absolute atomic E-state index is 13.0. The molecule has 1 amide bonds. The van der Waals surface area contributed by atoms with Crippen molar-refractivity contribution in [3.63, 3.8) is 0 Å². The van der Waals surface area contributed by atoms with Gasteiger partial charge in [-0.1, -0.05) is 60.7 Å². The van der Waals surface area contributed by atoms with E-state index in [1.165, 1.54) is 11.1 Å². The molecule has 0 radical (unpaired) electrons. The number of nitrogens with zero attached hydrogens (tertiary/aromatic N) is 1. The van der Waals surface area contributed by atoms with Crippen LogP contribution in [0.2, 0.25) is 0 Å². The predicted molar refractivity (Wildman–Crippen MR) is 116 cm³/mol. The highest BCUT2D eigenvalue weighted by Crippen LogP contribution is 2.51. The average Bonchev–Trinajstić information content (AvgIpc) is 3.16. The molecule has 0 N–H and O–H groups in total. The van der Waals surface area contributed by atoms with Crippen molar-refractivity contribution in [3.05, 3.63) is 71.8 Å². The molecule has 2 aliphatic heterocycles. The molecule has 2 aromatic carbocycles. The summed E-state index contributed by atoms with van der Waals surface area (Å²) in [6.45, 7) is 6.70. The number of hydrogen-bond donors (Lipinski definition) is 0. The molecule has 4 rings (SSSR count). The van der Waals surface area contributed by atoms with E-state index in [9.17, 15) is 9.35 Å². The zero-order chi connectivity index (χ0) is 20.6. The second kappa shape index (κ2) is 7.69. The number of amides is 1. The number of likely N-dealkylation sites (tertiary alicyclic amines) is 1. The summed E-state index contributed by atoms with van der Waals surface area (Å²) >= 11 is -0.950. The van der Waals surface area contributed by atoms with Crippen molar-refractivity contribution in [3.8, 4) is 0 Å². The lowest BCUT2D eigenvalue weighted by molar-refractivity contribution is 0.0283. The molecule has 4 nitrogen and oxygen atoms in total. The summed E-state index contributed by atoms with van der Waals surface area (Å²) in [6, 6.07) is 21.0. The topological polar surface area (TPSA) is 52.6 Å². The SMILES string of the molecule is CC(C)(C)OC(=O)N1CC2C(C1)C(c1ccccc1)(c1ccccc1)CC[S+]2[O-]. The summed E-state index contributed by atoms with van der Waals surface area (Å²) in [6.07, 6.45) is 0.510. The molecule has 2 heterocycles. The summed E-state index contributed by atoms with van der Waals surface area (Å²) in [5.41, 5.74) is 1.69. The average molecular weight is 412 g/mol. The zero-order valence-corrected chi connectivity index (χ0v) is 18.2. The van der Waals surface area contributed by atoms with Crippen molar-refractivity contribution in [2.24, 2.45) is 5.92 Å². The minimum atomic E-state index is -0.950. The van der Waals surface area contributed by atoms with E-state index in [1.54, 1.807) is 4.90 Å². The largest absolute Gasteiger partial charge is 0.616 e. The van der Waals surface area contributed by atoms with E-state index in [2.05, 4.69) is 48.5 Å². The number of rotatable bonds is 2. The van der Waals surface area contributed by atoms with Crippen LogP contribution in [0.3, 0.4) is 0 Å². The highest BCUT2D eigenvalue weighted by atomic mass is 32.2. The first-order valence-corrected chi connectivity index (χ1v) is 11.7. The van der Waals surface area contributed by atoms with Crippen molar-refractivity contribution in [2.45, 2.75) is 43.5 Å². The van der Waals surface area contributed by atoms with Crippen LogP contribution >= 0.6 is 0 Å². The van der Waals surface area contributed by atoms with E-state index >= 15 is 0 Å². The van der Waals surface area contributed by atoms with Crippen LogP contribution in [0.5, 0.6) is 0 Å². The van der Waals surface area contributed by atoms with Crippen molar-refractivity contribution >= 4 is 17.3 Å². The van der Waals surface area contributed by atoms with Gasteiger partial charge in [0.15, 0.2) is 0 Å². The van der Waals surface area contributed by atoms with Crippen molar-refractivity contribution in [1.29, 1.82) is 0 Å². The molecule has 154 valence electrons. The molecule has 0 spiro atoms. The lowest BCUT2D eigenvalue weighted by Gasteiger charge is -2.46. The Labute approximate surface area is 176 Å². The second-order valence-electron chi connectivity index (χ2n) is 9.07. The van der Waals surface area contributed by atoms with Gasteiger partial charge in [0, 0.05) is 24.3 Å². The van der Waals surface area contributed by atoms with Gasteiger partial charge in [-0.15, -0.1) is 0 Å². The summed E-state index contributed by atoms with van der Waals surface area (Å²) in [7, 11) is 0. The Morgan fingerprint density at radius 2 is 1.59 bits per heavy atom. The third kappa shape index (κ3) is 3.78. The van der Waals surface area contributed by atoms with Gasteiger partial charge in [0.2, 0.25) is 0 Å². The Bertz CT molecular complexity index is 810. The van der Waals surface area contributed by atoms with E-state index in [0.717, 1.165) is 6.42 Å². The highest BCUT2D eigenvalue weighted by molar-refractivity contribution is 7.92. The van der Waals surface area contributed by atoms with E-state index in [1.807, 2.05) is 32.9 Å². The third-order valence-corrected chi connectivity index (χ3v) is 7.92. The summed E-state index contributed by atoms with van der Waals surface area (Å²) in [4.78, 5) is 14.6. The molecule has 3 unspecified atom stereocenters. The predicted octanol–water partition coefficient (Wildman–Crippen LogP) is 4.36. The summed E-state index contributed by atoms with van der Waals surface area (Å²) in [5, 5.41) is -0.0447. The van der Waals surface area contributed by atoms with E-state index in [0.29, 0.717) is 18.8 Å². The Hall–Kier alpha value is -1.98. The number of carbonyl (C=O) groups is 1. The Morgan fingerprint density at radius 3 is 2.10 bits per heavy atom. The third-order valence-electron chi connectivity index (χ3n) is 6.16. The van der Waals surface area contributed by atoms with Gasteiger partial charge in [-0.3, -0.25) is 0 Å². The van der Waals surface area contributed by atoms with Crippen LogP contribution in [0.25, 0.3) is 0 Å². The summed E-state index contributed by atoms with van der Waals surface area (Å²) < 4.78 is 18.6. The minimum Gasteiger partial charge on any atom is -0.616 e. The number of carbonyl (C=O) groups excluding carboxylic acids is 1. The lowest BCUT2D eigenvalue weighted by Crippen LogP contribution is -2.51. The molecule has 5 heteroatoms. The van der Waals surface area contributed by atoms with Gasteiger partial charge in [0.05, 0.1) is 6.54 Å². The highest BCUT2D eigenvalue weighted by Gasteiger charge is 2.58. The van der Waals surface area contributed by atoms with E-state index < -0.39 is 16.8 Å². The smallest absolute Gasteiger partial charge is 0.410 e. The molecule has 2 aromatic rings. The van der Waals surface area contributed by atoms with E-state index in [4.69, 9.17) is 4.74 Å². The van der Waals surface area contributed by atoms with Gasteiger partial charge in [0.25, 0.3) is 0 Å². The van der Waals surface area contributed by atoms with E-state index in [-0.39, 0.29) is 22.7 Å². The quantitative estimate of drug-likeness (QED) is 0.690. The summed E-state index contributed by atoms with van der Waals surface area (Å²) in [5.74, 6) is 0.738. The molecule has 0 saturated carbocycles. The Morgan fingerprint density at radius 1 is 1.03 bits per heavy atom. The molecule has 2 fully saturated rings. The van der Waals surface area contributed by atoms with Crippen LogP contribution in [0.4, 0.5) is 4.79 Å². The molecule has 0 aliphatic carbocycles. The molecular formula is C24H29NO3S. The Kier molecular flexibility index (Phi) is 5.38. The van der Waals surface area contributed by atoms with Crippen molar-refractivity contribution in [1.82, 2.24) is 4.90 Å². The molecule has 3 atom stereocenters. The second-order valence-corrected chi connectivity index (χ2v) is 10.8. The zero-order valence-electron chi connectivity index (χ0n) is 17.3. The van der Waals surface area contributed by atoms with Crippen molar-refractivity contribution in [2.75, 3.05) is 18.8 Å². The number of benzene rings is 2. The van der Waals surface area contributed by atoms with Crippen LogP contribution in [0, 0.1) is 5.92 Å². The minimum absolute atomic E-state index is 0.0447. The normalized spacial score (nSPS) is 26.1. The molecule has 0 aromatic heterocycles. The lowest BCUT2D eigenvalue weighted by atomic mass is 9.63. The van der Waals surface area contributed by atoms with Crippen LogP contribution in [-0.2, 0) is 21.3 Å². The van der Waals surface area contributed by atoms with Crippen LogP contribution in [-0.4, -0.2) is 45.2 Å². The van der Waals surface area contributed by atoms with Crippen molar-refractivity contribution < 1.29 is 14.1 Å². The number of ether oxygens (including phenoxy) is 1. The fraction of sp³-hybridized carbons (Fsp3) is 0.458. The number of fused-ring (bicyclic) bond motifs is 1. The van der Waals surface area contributed by atoms with Crippen LogP contribution in [0.15, 0.2) is 60.7 Å². The Balaban J connectivity index is 1.76. The van der Waals surface area contributed by atoms with Gasteiger partial charge in [-0.25, -0.2) is 4.79 Å². The van der Waals surface area contributed by atoms with Gasteiger partial charge in [-0.2, -0.15) is 0 Å². The molecule has 2 saturated heterocycles.